The largest absolute Gasteiger partial charge is 0.494 e. The first kappa shape index (κ1) is 13.7. The van der Waals surface area contributed by atoms with Crippen molar-refractivity contribution in [3.63, 3.8) is 0 Å². The van der Waals surface area contributed by atoms with Gasteiger partial charge < -0.3 is 14.5 Å². The first-order valence-electron chi connectivity index (χ1n) is 6.85. The van der Waals surface area contributed by atoms with Gasteiger partial charge in [0, 0.05) is 5.56 Å². The van der Waals surface area contributed by atoms with Crippen molar-refractivity contribution in [1.29, 1.82) is 0 Å². The van der Waals surface area contributed by atoms with Crippen LogP contribution in [0.4, 0.5) is 0 Å². The lowest BCUT2D eigenvalue weighted by Gasteiger charge is -2.06. The second-order valence-corrected chi connectivity index (χ2v) is 4.39. The predicted octanol–water partition coefficient (Wildman–Crippen LogP) is 3.84. The van der Waals surface area contributed by atoms with Crippen molar-refractivity contribution in [2.24, 2.45) is 0 Å². The zero-order valence-corrected chi connectivity index (χ0v) is 11.6. The maximum absolute atomic E-state index is 5.55. The molecule has 3 nitrogen and oxygen atoms in total. The average Bonchev–Trinajstić information content (AvgIpc) is 2.89. The van der Waals surface area contributed by atoms with Gasteiger partial charge in [0.25, 0.3) is 0 Å². The highest BCUT2D eigenvalue weighted by molar-refractivity contribution is 5.66. The van der Waals surface area contributed by atoms with Gasteiger partial charge in [-0.15, -0.1) is 0 Å². The molecule has 1 heterocycles. The van der Waals surface area contributed by atoms with Gasteiger partial charge >= 0.3 is 0 Å². The quantitative estimate of drug-likeness (QED) is 0.767. The molecule has 0 aliphatic heterocycles. The molecule has 0 spiro atoms. The zero-order chi connectivity index (χ0) is 13.5. The van der Waals surface area contributed by atoms with E-state index < -0.39 is 0 Å². The fourth-order valence-corrected chi connectivity index (χ4v) is 2.01. The van der Waals surface area contributed by atoms with Crippen LogP contribution in [0.3, 0.4) is 0 Å². The fourth-order valence-electron chi connectivity index (χ4n) is 2.01. The average molecular weight is 259 g/mol. The Morgan fingerprint density at radius 3 is 2.58 bits per heavy atom. The molecule has 0 amide bonds. The van der Waals surface area contributed by atoms with Gasteiger partial charge in [0.15, 0.2) is 0 Å². The minimum atomic E-state index is 0.692. The summed E-state index contributed by atoms with van der Waals surface area (Å²) in [6.45, 7) is 6.61. The molecule has 3 heteroatoms. The zero-order valence-electron chi connectivity index (χ0n) is 11.6. The SMILES string of the molecule is CCCNCc1occc1-c1ccc(OCC)cc1. The summed E-state index contributed by atoms with van der Waals surface area (Å²) in [4.78, 5) is 0. The molecule has 0 bridgehead atoms. The molecule has 1 aromatic carbocycles. The van der Waals surface area contributed by atoms with Gasteiger partial charge in [-0.25, -0.2) is 0 Å². The van der Waals surface area contributed by atoms with E-state index in [1.165, 1.54) is 0 Å². The van der Waals surface area contributed by atoms with E-state index >= 15 is 0 Å². The summed E-state index contributed by atoms with van der Waals surface area (Å²) in [6, 6.07) is 10.1. The van der Waals surface area contributed by atoms with Crippen LogP contribution in [0.15, 0.2) is 41.0 Å². The highest BCUT2D eigenvalue weighted by Crippen LogP contribution is 2.26. The van der Waals surface area contributed by atoms with Crippen molar-refractivity contribution in [1.82, 2.24) is 5.32 Å². The molecule has 1 aromatic heterocycles. The number of benzene rings is 1. The lowest BCUT2D eigenvalue weighted by Crippen LogP contribution is -2.13. The summed E-state index contributed by atoms with van der Waals surface area (Å²) >= 11 is 0. The predicted molar refractivity (Wildman–Crippen MR) is 77.3 cm³/mol. The summed E-state index contributed by atoms with van der Waals surface area (Å²) in [6.07, 6.45) is 2.87. The monoisotopic (exact) mass is 259 g/mol. The van der Waals surface area contributed by atoms with Gasteiger partial charge in [0.05, 0.1) is 19.4 Å². The third kappa shape index (κ3) is 3.61. The van der Waals surface area contributed by atoms with Crippen LogP contribution in [0.1, 0.15) is 26.0 Å². The number of hydrogen-bond donors (Lipinski definition) is 1. The van der Waals surface area contributed by atoms with Crippen molar-refractivity contribution in [3.05, 3.63) is 42.4 Å². The first-order chi connectivity index (χ1) is 9.35. The van der Waals surface area contributed by atoms with Crippen LogP contribution in [0, 0.1) is 0 Å². The Morgan fingerprint density at radius 2 is 1.89 bits per heavy atom. The Hall–Kier alpha value is -1.74. The van der Waals surface area contributed by atoms with E-state index in [9.17, 15) is 0 Å². The molecule has 1 N–H and O–H groups in total. The summed E-state index contributed by atoms with van der Waals surface area (Å²) < 4.78 is 11.0. The molecule has 2 aromatic rings. The van der Waals surface area contributed by atoms with Crippen LogP contribution < -0.4 is 10.1 Å². The minimum Gasteiger partial charge on any atom is -0.494 e. The molecule has 0 radical (unpaired) electrons. The Kier molecular flexibility index (Phi) is 5.04. The molecule has 2 rings (SSSR count). The van der Waals surface area contributed by atoms with E-state index in [-0.39, 0.29) is 0 Å². The number of furan rings is 1. The maximum Gasteiger partial charge on any atom is 0.125 e. The van der Waals surface area contributed by atoms with E-state index in [1.54, 1.807) is 6.26 Å². The molecule has 0 aliphatic carbocycles. The highest BCUT2D eigenvalue weighted by Gasteiger charge is 2.08. The van der Waals surface area contributed by atoms with Crippen LogP contribution in [-0.4, -0.2) is 13.2 Å². The van der Waals surface area contributed by atoms with Crippen LogP contribution in [-0.2, 0) is 6.54 Å². The molecule has 102 valence electrons. The summed E-state index contributed by atoms with van der Waals surface area (Å²) in [5, 5.41) is 3.36. The number of ether oxygens (including phenoxy) is 1. The van der Waals surface area contributed by atoms with Gasteiger partial charge in [-0.2, -0.15) is 0 Å². The van der Waals surface area contributed by atoms with Gasteiger partial charge in [0.1, 0.15) is 11.5 Å². The Morgan fingerprint density at radius 1 is 1.11 bits per heavy atom. The smallest absolute Gasteiger partial charge is 0.125 e. The van der Waals surface area contributed by atoms with Crippen molar-refractivity contribution >= 4 is 0 Å². The van der Waals surface area contributed by atoms with E-state index in [0.29, 0.717) is 6.61 Å². The fraction of sp³-hybridized carbons (Fsp3) is 0.375. The number of rotatable bonds is 7. The topological polar surface area (TPSA) is 34.4 Å². The summed E-state index contributed by atoms with van der Waals surface area (Å²) in [5.41, 5.74) is 2.30. The molecule has 0 atom stereocenters. The Labute approximate surface area is 114 Å². The van der Waals surface area contributed by atoms with Crippen molar-refractivity contribution in [3.8, 4) is 16.9 Å². The van der Waals surface area contributed by atoms with Crippen LogP contribution in [0.5, 0.6) is 5.75 Å². The standard InChI is InChI=1S/C16H21NO2/c1-3-10-17-12-16-15(9-11-19-16)13-5-7-14(8-6-13)18-4-2/h5-9,11,17H,3-4,10,12H2,1-2H3. The van der Waals surface area contributed by atoms with E-state index in [4.69, 9.17) is 9.15 Å². The van der Waals surface area contributed by atoms with E-state index in [2.05, 4.69) is 24.4 Å². The third-order valence-electron chi connectivity index (χ3n) is 2.93. The first-order valence-corrected chi connectivity index (χ1v) is 6.85. The molecule has 0 saturated heterocycles. The van der Waals surface area contributed by atoms with Gasteiger partial charge in [-0.05, 0) is 43.7 Å². The second kappa shape index (κ2) is 7.00. The van der Waals surface area contributed by atoms with Gasteiger partial charge in [-0.3, -0.25) is 0 Å². The van der Waals surface area contributed by atoms with E-state index in [1.807, 2.05) is 25.1 Å². The van der Waals surface area contributed by atoms with Gasteiger partial charge in [0.2, 0.25) is 0 Å². The van der Waals surface area contributed by atoms with Crippen LogP contribution in [0.2, 0.25) is 0 Å². The molecular formula is C16H21NO2. The van der Waals surface area contributed by atoms with Crippen molar-refractivity contribution < 1.29 is 9.15 Å². The van der Waals surface area contributed by atoms with Crippen LogP contribution >= 0.6 is 0 Å². The van der Waals surface area contributed by atoms with Crippen molar-refractivity contribution in [2.75, 3.05) is 13.2 Å². The minimum absolute atomic E-state index is 0.692. The molecule has 19 heavy (non-hydrogen) atoms. The summed E-state index contributed by atoms with van der Waals surface area (Å²) in [5.74, 6) is 1.89. The third-order valence-corrected chi connectivity index (χ3v) is 2.93. The Bertz CT molecular complexity index is 488. The molecule has 0 aliphatic rings. The van der Waals surface area contributed by atoms with Gasteiger partial charge in [-0.1, -0.05) is 19.1 Å². The lowest BCUT2D eigenvalue weighted by molar-refractivity contribution is 0.340. The molecular weight excluding hydrogens is 238 g/mol. The number of hydrogen-bond acceptors (Lipinski definition) is 3. The second-order valence-electron chi connectivity index (χ2n) is 4.39. The normalized spacial score (nSPS) is 10.6. The summed E-state index contributed by atoms with van der Waals surface area (Å²) in [7, 11) is 0. The maximum atomic E-state index is 5.55. The number of nitrogens with one attached hydrogen (secondary N) is 1. The molecule has 0 fully saturated rings. The molecule has 0 saturated carbocycles. The Balaban J connectivity index is 2.10. The molecule has 0 unspecified atom stereocenters. The lowest BCUT2D eigenvalue weighted by atomic mass is 10.1. The van der Waals surface area contributed by atoms with Crippen LogP contribution in [0.25, 0.3) is 11.1 Å². The van der Waals surface area contributed by atoms with Crippen molar-refractivity contribution in [2.45, 2.75) is 26.8 Å². The van der Waals surface area contributed by atoms with E-state index in [0.717, 1.165) is 42.1 Å². The highest BCUT2D eigenvalue weighted by atomic mass is 16.5.